The molecule has 6 nitrogen and oxygen atoms in total. The van der Waals surface area contributed by atoms with Crippen molar-refractivity contribution in [3.8, 4) is 0 Å². The van der Waals surface area contributed by atoms with Crippen molar-refractivity contribution in [1.82, 2.24) is 19.7 Å². The van der Waals surface area contributed by atoms with Crippen molar-refractivity contribution in [2.45, 2.75) is 12.7 Å². The number of nitrogen functional groups attached to an aromatic ring is 1. The Morgan fingerprint density at radius 2 is 2.12 bits per heavy atom. The number of hydrogen-bond donors (Lipinski definition) is 2. The smallest absolute Gasteiger partial charge is 0.308 e. The van der Waals surface area contributed by atoms with E-state index in [1.807, 2.05) is 0 Å². The Labute approximate surface area is 87.2 Å². The fourth-order valence-corrected chi connectivity index (χ4v) is 1.29. The zero-order valence-corrected chi connectivity index (χ0v) is 7.86. The number of anilines is 1. The molecule has 0 saturated heterocycles. The zero-order chi connectivity index (χ0) is 11.8. The third-order valence-corrected chi connectivity index (χ3v) is 1.90. The van der Waals surface area contributed by atoms with Gasteiger partial charge in [-0.1, -0.05) is 0 Å². The van der Waals surface area contributed by atoms with E-state index in [4.69, 9.17) is 5.84 Å². The largest absolute Gasteiger partial charge is 0.408 e. The van der Waals surface area contributed by atoms with Gasteiger partial charge < -0.3 is 5.43 Å². The van der Waals surface area contributed by atoms with Crippen LogP contribution in [0.4, 0.5) is 19.0 Å². The van der Waals surface area contributed by atoms with E-state index in [9.17, 15) is 13.2 Å². The first kappa shape index (κ1) is 10.6. The van der Waals surface area contributed by atoms with Crippen molar-refractivity contribution in [2.75, 3.05) is 5.43 Å². The molecule has 0 spiro atoms. The minimum Gasteiger partial charge on any atom is -0.308 e. The molecule has 2 aromatic rings. The maximum absolute atomic E-state index is 12.2. The second-order valence-corrected chi connectivity index (χ2v) is 3.02. The standard InChI is InChI=1S/C7H7F3N6/c8-7(9,10)2-16-6-4(1-14-16)5(15-11)12-3-13-6/h1,3H,2,11H2,(H,12,13,15). The molecule has 0 atom stereocenters. The molecule has 3 N–H and O–H groups in total. The van der Waals surface area contributed by atoms with E-state index < -0.39 is 12.7 Å². The van der Waals surface area contributed by atoms with E-state index >= 15 is 0 Å². The highest BCUT2D eigenvalue weighted by molar-refractivity contribution is 5.85. The van der Waals surface area contributed by atoms with Crippen LogP contribution >= 0.6 is 0 Å². The van der Waals surface area contributed by atoms with Gasteiger partial charge in [-0.25, -0.2) is 20.5 Å². The Kier molecular flexibility index (Phi) is 2.38. The summed E-state index contributed by atoms with van der Waals surface area (Å²) >= 11 is 0. The summed E-state index contributed by atoms with van der Waals surface area (Å²) in [5.41, 5.74) is 2.34. The van der Waals surface area contributed by atoms with Crippen molar-refractivity contribution < 1.29 is 13.2 Å². The molecule has 0 amide bonds. The predicted octanol–water partition coefficient (Wildman–Crippen LogP) is 0.674. The maximum Gasteiger partial charge on any atom is 0.408 e. The molecular formula is C7H7F3N6. The van der Waals surface area contributed by atoms with Crippen LogP contribution in [0.5, 0.6) is 0 Å². The quantitative estimate of drug-likeness (QED) is 0.587. The normalized spacial score (nSPS) is 12.0. The van der Waals surface area contributed by atoms with Crippen molar-refractivity contribution >= 4 is 16.9 Å². The summed E-state index contributed by atoms with van der Waals surface area (Å²) in [5, 5.41) is 3.93. The number of aromatic nitrogens is 4. The lowest BCUT2D eigenvalue weighted by Crippen LogP contribution is -2.19. The van der Waals surface area contributed by atoms with Crippen molar-refractivity contribution in [3.63, 3.8) is 0 Å². The van der Waals surface area contributed by atoms with Crippen LogP contribution in [0.2, 0.25) is 0 Å². The van der Waals surface area contributed by atoms with E-state index in [0.717, 1.165) is 11.0 Å². The average molecular weight is 232 g/mol. The molecule has 2 aromatic heterocycles. The summed E-state index contributed by atoms with van der Waals surface area (Å²) in [5.74, 6) is 5.39. The minimum absolute atomic E-state index is 0.0836. The Hall–Kier alpha value is -1.90. The van der Waals surface area contributed by atoms with Gasteiger partial charge in [-0.3, -0.25) is 0 Å². The predicted molar refractivity (Wildman–Crippen MR) is 49.2 cm³/mol. The third-order valence-electron chi connectivity index (χ3n) is 1.90. The van der Waals surface area contributed by atoms with Gasteiger partial charge in [-0.05, 0) is 0 Å². The van der Waals surface area contributed by atoms with Crippen LogP contribution in [0.25, 0.3) is 11.0 Å². The van der Waals surface area contributed by atoms with Gasteiger partial charge in [-0.2, -0.15) is 18.3 Å². The minimum atomic E-state index is -4.35. The van der Waals surface area contributed by atoms with Gasteiger partial charge in [0.2, 0.25) is 0 Å². The molecule has 0 aliphatic rings. The number of alkyl halides is 3. The molecule has 2 heterocycles. The van der Waals surface area contributed by atoms with Crippen LogP contribution in [0, 0.1) is 0 Å². The molecule has 0 bridgehead atoms. The first-order valence-corrected chi connectivity index (χ1v) is 4.21. The van der Waals surface area contributed by atoms with Gasteiger partial charge in [0.15, 0.2) is 11.5 Å². The van der Waals surface area contributed by atoms with Gasteiger partial charge in [0, 0.05) is 0 Å². The fraction of sp³-hybridized carbons (Fsp3) is 0.286. The average Bonchev–Trinajstić information content (AvgIpc) is 2.59. The number of nitrogens with two attached hydrogens (primary N) is 1. The lowest BCUT2D eigenvalue weighted by molar-refractivity contribution is -0.141. The summed E-state index contributed by atoms with van der Waals surface area (Å²) in [7, 11) is 0. The van der Waals surface area contributed by atoms with Gasteiger partial charge in [0.1, 0.15) is 12.9 Å². The third kappa shape index (κ3) is 1.89. The number of halogens is 3. The highest BCUT2D eigenvalue weighted by Crippen LogP contribution is 2.22. The second-order valence-electron chi connectivity index (χ2n) is 3.02. The first-order chi connectivity index (χ1) is 7.51. The van der Waals surface area contributed by atoms with E-state index in [1.165, 1.54) is 6.20 Å². The Bertz CT molecular complexity index is 504. The maximum atomic E-state index is 12.2. The highest BCUT2D eigenvalue weighted by Gasteiger charge is 2.29. The summed E-state index contributed by atoms with van der Waals surface area (Å²) < 4.78 is 37.3. The Balaban J connectivity index is 2.49. The molecule has 0 unspecified atom stereocenters. The van der Waals surface area contributed by atoms with Crippen molar-refractivity contribution in [1.29, 1.82) is 0 Å². The topological polar surface area (TPSA) is 81.7 Å². The monoisotopic (exact) mass is 232 g/mol. The molecule has 0 radical (unpaired) electrons. The van der Waals surface area contributed by atoms with Crippen LogP contribution in [0.3, 0.4) is 0 Å². The van der Waals surface area contributed by atoms with E-state index in [0.29, 0.717) is 5.39 Å². The molecular weight excluding hydrogens is 225 g/mol. The molecule has 0 aliphatic heterocycles. The molecule has 0 saturated carbocycles. The Morgan fingerprint density at radius 1 is 1.38 bits per heavy atom. The number of nitrogens with zero attached hydrogens (tertiary/aromatic N) is 4. The van der Waals surface area contributed by atoms with Crippen LogP contribution in [0.1, 0.15) is 0 Å². The van der Waals surface area contributed by atoms with Crippen LogP contribution in [-0.4, -0.2) is 25.9 Å². The molecule has 0 aliphatic carbocycles. The number of fused-ring (bicyclic) bond motifs is 1. The van der Waals surface area contributed by atoms with E-state index in [-0.39, 0.29) is 11.5 Å². The van der Waals surface area contributed by atoms with E-state index in [1.54, 1.807) is 0 Å². The van der Waals surface area contributed by atoms with Crippen molar-refractivity contribution in [3.05, 3.63) is 12.5 Å². The molecule has 9 heteroatoms. The summed E-state index contributed by atoms with van der Waals surface area (Å²) in [6.07, 6.45) is -2.00. The fourth-order valence-electron chi connectivity index (χ4n) is 1.29. The number of rotatable bonds is 2. The zero-order valence-electron chi connectivity index (χ0n) is 7.86. The summed E-state index contributed by atoms with van der Waals surface area (Å²) in [6, 6.07) is 0. The number of hydrogen-bond acceptors (Lipinski definition) is 5. The van der Waals surface area contributed by atoms with Gasteiger partial charge >= 0.3 is 6.18 Å². The number of hydrazine groups is 1. The second kappa shape index (κ2) is 3.59. The van der Waals surface area contributed by atoms with Crippen LogP contribution in [0.15, 0.2) is 12.5 Å². The first-order valence-electron chi connectivity index (χ1n) is 4.21. The van der Waals surface area contributed by atoms with Gasteiger partial charge in [-0.15, -0.1) is 0 Å². The molecule has 0 aromatic carbocycles. The van der Waals surface area contributed by atoms with Gasteiger partial charge in [0.25, 0.3) is 0 Å². The van der Waals surface area contributed by atoms with Gasteiger partial charge in [0.05, 0.1) is 11.6 Å². The number of nitrogens with one attached hydrogen (secondary N) is 1. The van der Waals surface area contributed by atoms with Crippen molar-refractivity contribution in [2.24, 2.45) is 5.84 Å². The molecule has 86 valence electrons. The molecule has 16 heavy (non-hydrogen) atoms. The molecule has 0 fully saturated rings. The Morgan fingerprint density at radius 3 is 2.75 bits per heavy atom. The lowest BCUT2D eigenvalue weighted by Gasteiger charge is -2.06. The summed E-state index contributed by atoms with van der Waals surface area (Å²) in [4.78, 5) is 7.48. The highest BCUT2D eigenvalue weighted by atomic mass is 19.4. The van der Waals surface area contributed by atoms with Crippen LogP contribution in [-0.2, 0) is 6.54 Å². The molecule has 2 rings (SSSR count). The van der Waals surface area contributed by atoms with E-state index in [2.05, 4.69) is 20.5 Å². The SMILES string of the molecule is NNc1ncnc2c1cnn2CC(F)(F)F. The lowest BCUT2D eigenvalue weighted by atomic mass is 10.4. The summed E-state index contributed by atoms with van der Waals surface area (Å²) in [6.45, 7) is -1.20. The van der Waals surface area contributed by atoms with Crippen LogP contribution < -0.4 is 11.3 Å².